The Morgan fingerprint density at radius 2 is 1.48 bits per heavy atom. The number of rotatable bonds is 3. The van der Waals surface area contributed by atoms with Crippen molar-refractivity contribution in [3.8, 4) is 11.8 Å². The number of hydrogen-bond donors (Lipinski definition) is 1. The predicted molar refractivity (Wildman–Crippen MR) is 99.5 cm³/mol. The van der Waals surface area contributed by atoms with Crippen LogP contribution in [0.1, 0.15) is 19.4 Å². The van der Waals surface area contributed by atoms with Crippen LogP contribution in [0.25, 0.3) is 10.8 Å². The van der Waals surface area contributed by atoms with E-state index in [1.54, 1.807) is 0 Å². The second-order valence-electron chi connectivity index (χ2n) is 5.92. The van der Waals surface area contributed by atoms with Crippen LogP contribution in [0.4, 0.5) is 5.69 Å². The summed E-state index contributed by atoms with van der Waals surface area (Å²) in [5, 5.41) is 6.00. The lowest BCUT2D eigenvalue weighted by Crippen LogP contribution is -2.22. The summed E-state index contributed by atoms with van der Waals surface area (Å²) >= 11 is 0. The average Bonchev–Trinajstić information content (AvgIpc) is 2.60. The largest absolute Gasteiger partial charge is 0.381 e. The van der Waals surface area contributed by atoms with Crippen molar-refractivity contribution in [2.24, 2.45) is 5.92 Å². The van der Waals surface area contributed by atoms with Crippen LogP contribution in [-0.2, 0) is 0 Å². The maximum Gasteiger partial charge on any atom is 0.0377 e. The molecule has 23 heavy (non-hydrogen) atoms. The van der Waals surface area contributed by atoms with Crippen molar-refractivity contribution in [1.29, 1.82) is 0 Å². The summed E-state index contributed by atoms with van der Waals surface area (Å²) in [5.74, 6) is 6.95. The van der Waals surface area contributed by atoms with Crippen molar-refractivity contribution in [3.63, 3.8) is 0 Å². The molecule has 0 amide bonds. The molecule has 114 valence electrons. The lowest BCUT2D eigenvalue weighted by atomic mass is 10.0. The van der Waals surface area contributed by atoms with Gasteiger partial charge in [0.05, 0.1) is 0 Å². The van der Waals surface area contributed by atoms with Gasteiger partial charge in [-0.1, -0.05) is 60.4 Å². The Bertz CT molecular complexity index is 840. The highest BCUT2D eigenvalue weighted by molar-refractivity contribution is 5.83. The lowest BCUT2D eigenvalue weighted by molar-refractivity contribution is 0.638. The number of nitrogens with one attached hydrogen (secondary N) is 1. The van der Waals surface area contributed by atoms with Crippen molar-refractivity contribution in [2.75, 3.05) is 5.32 Å². The summed E-state index contributed by atoms with van der Waals surface area (Å²) in [4.78, 5) is 0. The van der Waals surface area contributed by atoms with E-state index in [2.05, 4.69) is 85.6 Å². The van der Waals surface area contributed by atoms with Gasteiger partial charge in [0.1, 0.15) is 0 Å². The molecule has 0 spiro atoms. The summed E-state index contributed by atoms with van der Waals surface area (Å²) in [5.41, 5.74) is 2.21. The average molecular weight is 299 g/mol. The van der Waals surface area contributed by atoms with Gasteiger partial charge in [-0.05, 0) is 48.9 Å². The molecule has 0 aromatic heterocycles. The maximum atomic E-state index is 3.51. The summed E-state index contributed by atoms with van der Waals surface area (Å²) < 4.78 is 0. The molecule has 2 unspecified atom stereocenters. The highest BCUT2D eigenvalue weighted by atomic mass is 14.9. The first-order chi connectivity index (χ1) is 11.2. The molecule has 0 aliphatic heterocycles. The number of para-hydroxylation sites is 1. The minimum Gasteiger partial charge on any atom is -0.381 e. The van der Waals surface area contributed by atoms with E-state index in [-0.39, 0.29) is 5.92 Å². The quantitative estimate of drug-likeness (QED) is 0.645. The highest BCUT2D eigenvalue weighted by Gasteiger charge is 2.08. The SMILES string of the molecule is CC(C#Cc1ccc2ccccc2c1)C(C)Nc1ccccc1. The fraction of sp³-hybridized carbons (Fsp3) is 0.182. The van der Waals surface area contributed by atoms with Gasteiger partial charge in [0.2, 0.25) is 0 Å². The van der Waals surface area contributed by atoms with E-state index in [1.165, 1.54) is 10.8 Å². The van der Waals surface area contributed by atoms with Gasteiger partial charge in [-0.3, -0.25) is 0 Å². The summed E-state index contributed by atoms with van der Waals surface area (Å²) in [7, 11) is 0. The zero-order chi connectivity index (χ0) is 16.1. The first-order valence-electron chi connectivity index (χ1n) is 8.04. The fourth-order valence-electron chi connectivity index (χ4n) is 2.51. The second kappa shape index (κ2) is 7.03. The Morgan fingerprint density at radius 1 is 0.783 bits per heavy atom. The Hall–Kier alpha value is -2.72. The molecule has 0 aliphatic rings. The zero-order valence-corrected chi connectivity index (χ0v) is 13.6. The van der Waals surface area contributed by atoms with E-state index in [1.807, 2.05) is 18.2 Å². The number of anilines is 1. The molecule has 1 nitrogen and oxygen atoms in total. The van der Waals surface area contributed by atoms with Crippen LogP contribution < -0.4 is 5.32 Å². The van der Waals surface area contributed by atoms with E-state index >= 15 is 0 Å². The molecule has 3 rings (SSSR count). The van der Waals surface area contributed by atoms with Crippen molar-refractivity contribution in [3.05, 3.63) is 78.4 Å². The number of fused-ring (bicyclic) bond motifs is 1. The smallest absolute Gasteiger partial charge is 0.0377 e. The van der Waals surface area contributed by atoms with Crippen molar-refractivity contribution < 1.29 is 0 Å². The molecule has 0 radical (unpaired) electrons. The molecule has 0 fully saturated rings. The van der Waals surface area contributed by atoms with Gasteiger partial charge in [-0.25, -0.2) is 0 Å². The van der Waals surface area contributed by atoms with Crippen molar-refractivity contribution in [1.82, 2.24) is 0 Å². The third-order valence-corrected chi connectivity index (χ3v) is 4.11. The van der Waals surface area contributed by atoms with E-state index in [4.69, 9.17) is 0 Å². The van der Waals surface area contributed by atoms with E-state index < -0.39 is 0 Å². The van der Waals surface area contributed by atoms with Gasteiger partial charge in [0.15, 0.2) is 0 Å². The first kappa shape index (κ1) is 15.2. The monoisotopic (exact) mass is 299 g/mol. The topological polar surface area (TPSA) is 12.0 Å². The van der Waals surface area contributed by atoms with Crippen molar-refractivity contribution in [2.45, 2.75) is 19.9 Å². The first-order valence-corrected chi connectivity index (χ1v) is 8.04. The molecule has 0 aliphatic carbocycles. The van der Waals surface area contributed by atoms with Gasteiger partial charge in [0.25, 0.3) is 0 Å². The van der Waals surface area contributed by atoms with Crippen LogP contribution in [0.15, 0.2) is 72.8 Å². The van der Waals surface area contributed by atoms with Gasteiger partial charge >= 0.3 is 0 Å². The third kappa shape index (κ3) is 3.93. The molecule has 1 heteroatoms. The lowest BCUT2D eigenvalue weighted by Gasteiger charge is -2.18. The Morgan fingerprint density at radius 3 is 2.26 bits per heavy atom. The molecular formula is C22H21N. The Balaban J connectivity index is 1.71. The summed E-state index contributed by atoms with van der Waals surface area (Å²) in [6.07, 6.45) is 0. The van der Waals surface area contributed by atoms with Crippen LogP contribution >= 0.6 is 0 Å². The second-order valence-corrected chi connectivity index (χ2v) is 5.92. The Kier molecular flexibility index (Phi) is 4.64. The highest BCUT2D eigenvalue weighted by Crippen LogP contribution is 2.16. The molecule has 0 heterocycles. The van der Waals surface area contributed by atoms with Crippen LogP contribution in [0.5, 0.6) is 0 Å². The predicted octanol–water partition coefficient (Wildman–Crippen LogP) is 5.33. The fourth-order valence-corrected chi connectivity index (χ4v) is 2.51. The van der Waals surface area contributed by atoms with Gasteiger partial charge < -0.3 is 5.32 Å². The van der Waals surface area contributed by atoms with Crippen LogP contribution in [-0.4, -0.2) is 6.04 Å². The molecular weight excluding hydrogens is 278 g/mol. The van der Waals surface area contributed by atoms with Gasteiger partial charge in [-0.15, -0.1) is 0 Å². The number of benzene rings is 3. The minimum atomic E-state index is 0.265. The molecule has 3 aromatic carbocycles. The molecule has 0 saturated heterocycles. The van der Waals surface area contributed by atoms with Gasteiger partial charge in [0, 0.05) is 23.2 Å². The molecule has 1 N–H and O–H groups in total. The summed E-state index contributed by atoms with van der Waals surface area (Å²) in [6.45, 7) is 4.33. The Labute approximate surface area is 138 Å². The molecule has 2 atom stereocenters. The zero-order valence-electron chi connectivity index (χ0n) is 13.6. The van der Waals surface area contributed by atoms with E-state index in [9.17, 15) is 0 Å². The normalized spacial score (nSPS) is 13.0. The molecule has 0 saturated carbocycles. The summed E-state index contributed by atoms with van der Waals surface area (Å²) in [6, 6.07) is 25.3. The van der Waals surface area contributed by atoms with Crippen molar-refractivity contribution >= 4 is 16.5 Å². The number of hydrogen-bond acceptors (Lipinski definition) is 1. The minimum absolute atomic E-state index is 0.265. The van der Waals surface area contributed by atoms with E-state index in [0.717, 1.165) is 11.3 Å². The van der Waals surface area contributed by atoms with Crippen LogP contribution in [0.2, 0.25) is 0 Å². The standard InChI is InChI=1S/C22H21N/c1-17(18(2)23-22-10-4-3-5-11-22)12-13-19-14-15-20-8-6-7-9-21(20)16-19/h3-11,14-18,23H,1-2H3. The van der Waals surface area contributed by atoms with Crippen LogP contribution in [0, 0.1) is 17.8 Å². The van der Waals surface area contributed by atoms with Gasteiger partial charge in [-0.2, -0.15) is 0 Å². The van der Waals surface area contributed by atoms with Crippen LogP contribution in [0.3, 0.4) is 0 Å². The maximum absolute atomic E-state index is 3.51. The van der Waals surface area contributed by atoms with E-state index in [0.29, 0.717) is 6.04 Å². The molecule has 3 aromatic rings. The third-order valence-electron chi connectivity index (χ3n) is 4.11. The molecule has 0 bridgehead atoms.